The first-order valence-corrected chi connectivity index (χ1v) is 6.89. The first kappa shape index (κ1) is 14.0. The molecule has 0 saturated heterocycles. The van der Waals surface area contributed by atoms with Crippen molar-refractivity contribution in [3.05, 3.63) is 0 Å². The lowest BCUT2D eigenvalue weighted by molar-refractivity contribution is -0.0114. The number of nitrogens with one attached hydrogen (secondary N) is 1. The van der Waals surface area contributed by atoms with Gasteiger partial charge in [0.1, 0.15) is 0 Å². The highest BCUT2D eigenvalue weighted by molar-refractivity contribution is 4.87. The molecule has 0 spiro atoms. The number of hydrogen-bond acceptors (Lipinski definition) is 2. The van der Waals surface area contributed by atoms with Crippen molar-refractivity contribution < 1.29 is 4.74 Å². The predicted molar refractivity (Wildman–Crippen MR) is 69.6 cm³/mol. The van der Waals surface area contributed by atoms with Crippen molar-refractivity contribution >= 4 is 0 Å². The van der Waals surface area contributed by atoms with Crippen molar-refractivity contribution in [2.75, 3.05) is 13.2 Å². The van der Waals surface area contributed by atoms with Gasteiger partial charge in [-0.25, -0.2) is 0 Å². The lowest BCUT2D eigenvalue weighted by atomic mass is 9.83. The Bertz CT molecular complexity index is 177. The summed E-state index contributed by atoms with van der Waals surface area (Å²) in [6, 6.07) is 0.705. The molecule has 0 aliphatic heterocycles. The van der Waals surface area contributed by atoms with Gasteiger partial charge in [-0.05, 0) is 44.1 Å². The van der Waals surface area contributed by atoms with Crippen LogP contribution in [0.25, 0.3) is 0 Å². The minimum atomic E-state index is 0.527. The minimum absolute atomic E-state index is 0.527. The van der Waals surface area contributed by atoms with Crippen LogP contribution in [0.3, 0.4) is 0 Å². The summed E-state index contributed by atoms with van der Waals surface area (Å²) in [7, 11) is 0. The molecule has 0 aromatic carbocycles. The fraction of sp³-hybridized carbons (Fsp3) is 1.00. The summed E-state index contributed by atoms with van der Waals surface area (Å²) in [4.78, 5) is 0. The Morgan fingerprint density at radius 2 is 1.69 bits per heavy atom. The third-order valence-corrected chi connectivity index (χ3v) is 3.85. The maximum atomic E-state index is 5.57. The molecular weight excluding hydrogens is 198 g/mol. The molecule has 16 heavy (non-hydrogen) atoms. The summed E-state index contributed by atoms with van der Waals surface area (Å²) in [6.45, 7) is 13.4. The topological polar surface area (TPSA) is 21.3 Å². The van der Waals surface area contributed by atoms with Crippen LogP contribution >= 0.6 is 0 Å². The molecule has 0 atom stereocenters. The van der Waals surface area contributed by atoms with Crippen LogP contribution in [0, 0.1) is 17.8 Å². The quantitative estimate of drug-likeness (QED) is 0.721. The van der Waals surface area contributed by atoms with E-state index in [1.54, 1.807) is 0 Å². The van der Waals surface area contributed by atoms with Crippen LogP contribution in [-0.2, 0) is 4.74 Å². The molecule has 0 bridgehead atoms. The van der Waals surface area contributed by atoms with Gasteiger partial charge in [-0.2, -0.15) is 0 Å². The number of hydrogen-bond donors (Lipinski definition) is 1. The standard InChI is InChI=1S/C14H29NO/c1-6-16-13-7-12(8-13)15-9-14(10(2)3)11(4)5/h10-15H,6-9H2,1-5H3. The van der Waals surface area contributed by atoms with E-state index in [0.717, 1.165) is 24.4 Å². The summed E-state index contributed by atoms with van der Waals surface area (Å²) < 4.78 is 5.57. The molecule has 1 rings (SSSR count). The molecule has 0 unspecified atom stereocenters. The normalized spacial score (nSPS) is 25.5. The van der Waals surface area contributed by atoms with Crippen molar-refractivity contribution in [2.24, 2.45) is 17.8 Å². The van der Waals surface area contributed by atoms with Crippen LogP contribution in [0.2, 0.25) is 0 Å². The Morgan fingerprint density at radius 3 is 2.12 bits per heavy atom. The van der Waals surface area contributed by atoms with Gasteiger partial charge in [-0.15, -0.1) is 0 Å². The molecule has 0 amide bonds. The SMILES string of the molecule is CCOC1CC(NCC(C(C)C)C(C)C)C1. The van der Waals surface area contributed by atoms with Crippen LogP contribution in [0.1, 0.15) is 47.5 Å². The zero-order valence-corrected chi connectivity index (χ0v) is 11.6. The smallest absolute Gasteiger partial charge is 0.0604 e. The van der Waals surface area contributed by atoms with Crippen molar-refractivity contribution in [1.29, 1.82) is 0 Å². The van der Waals surface area contributed by atoms with E-state index >= 15 is 0 Å². The Kier molecular flexibility index (Phi) is 5.77. The average Bonchev–Trinajstić information content (AvgIpc) is 2.12. The van der Waals surface area contributed by atoms with Crippen LogP contribution < -0.4 is 5.32 Å². The zero-order valence-electron chi connectivity index (χ0n) is 11.6. The van der Waals surface area contributed by atoms with E-state index in [4.69, 9.17) is 4.74 Å². The second-order valence-corrected chi connectivity index (χ2v) is 5.81. The van der Waals surface area contributed by atoms with Crippen LogP contribution in [0.5, 0.6) is 0 Å². The molecule has 1 aliphatic carbocycles. The first-order chi connectivity index (χ1) is 7.54. The van der Waals surface area contributed by atoms with Crippen molar-refractivity contribution in [3.63, 3.8) is 0 Å². The Labute approximate surface area is 101 Å². The predicted octanol–water partition coefficient (Wildman–Crippen LogP) is 3.07. The molecule has 0 aromatic heterocycles. The number of ether oxygens (including phenoxy) is 1. The van der Waals surface area contributed by atoms with Gasteiger partial charge in [0.25, 0.3) is 0 Å². The molecular formula is C14H29NO. The highest BCUT2D eigenvalue weighted by Crippen LogP contribution is 2.25. The van der Waals surface area contributed by atoms with Crippen LogP contribution in [0.15, 0.2) is 0 Å². The molecule has 1 N–H and O–H groups in total. The lowest BCUT2D eigenvalue weighted by Crippen LogP contribution is -2.47. The van der Waals surface area contributed by atoms with E-state index in [1.165, 1.54) is 19.4 Å². The summed E-state index contributed by atoms with van der Waals surface area (Å²) >= 11 is 0. The molecule has 0 radical (unpaired) electrons. The maximum absolute atomic E-state index is 5.57. The van der Waals surface area contributed by atoms with Crippen molar-refractivity contribution in [3.8, 4) is 0 Å². The van der Waals surface area contributed by atoms with E-state index in [2.05, 4.69) is 39.9 Å². The average molecular weight is 227 g/mol. The molecule has 2 nitrogen and oxygen atoms in total. The largest absolute Gasteiger partial charge is 0.378 e. The van der Waals surface area contributed by atoms with E-state index in [-0.39, 0.29) is 0 Å². The van der Waals surface area contributed by atoms with Crippen LogP contribution in [-0.4, -0.2) is 25.3 Å². The molecule has 2 heteroatoms. The Hall–Kier alpha value is -0.0800. The second-order valence-electron chi connectivity index (χ2n) is 5.81. The molecule has 0 aromatic rings. The highest BCUT2D eigenvalue weighted by atomic mass is 16.5. The van der Waals surface area contributed by atoms with Crippen molar-refractivity contribution in [1.82, 2.24) is 5.32 Å². The third-order valence-electron chi connectivity index (χ3n) is 3.85. The lowest BCUT2D eigenvalue weighted by Gasteiger charge is -2.37. The van der Waals surface area contributed by atoms with Gasteiger partial charge >= 0.3 is 0 Å². The molecule has 1 fully saturated rings. The monoisotopic (exact) mass is 227 g/mol. The minimum Gasteiger partial charge on any atom is -0.378 e. The third kappa shape index (κ3) is 4.06. The highest BCUT2D eigenvalue weighted by Gasteiger charge is 2.30. The van der Waals surface area contributed by atoms with E-state index in [0.29, 0.717) is 12.1 Å². The van der Waals surface area contributed by atoms with E-state index in [9.17, 15) is 0 Å². The first-order valence-electron chi connectivity index (χ1n) is 6.89. The van der Waals surface area contributed by atoms with Gasteiger partial charge in [0.2, 0.25) is 0 Å². The summed E-state index contributed by atoms with van der Waals surface area (Å²) in [5.41, 5.74) is 0. The second kappa shape index (κ2) is 6.61. The van der Waals surface area contributed by atoms with E-state index in [1.807, 2.05) is 0 Å². The summed E-state index contributed by atoms with van der Waals surface area (Å²) in [5.74, 6) is 2.34. The zero-order chi connectivity index (χ0) is 12.1. The van der Waals surface area contributed by atoms with Gasteiger partial charge in [-0.1, -0.05) is 27.7 Å². The van der Waals surface area contributed by atoms with E-state index < -0.39 is 0 Å². The van der Waals surface area contributed by atoms with Crippen LogP contribution in [0.4, 0.5) is 0 Å². The van der Waals surface area contributed by atoms with Gasteiger partial charge in [-0.3, -0.25) is 0 Å². The summed E-state index contributed by atoms with van der Waals surface area (Å²) in [6.07, 6.45) is 2.94. The number of rotatable bonds is 7. The molecule has 1 aliphatic rings. The Balaban J connectivity index is 2.15. The van der Waals surface area contributed by atoms with Gasteiger partial charge < -0.3 is 10.1 Å². The fourth-order valence-corrected chi connectivity index (χ4v) is 2.65. The molecule has 0 heterocycles. The molecule has 1 saturated carbocycles. The summed E-state index contributed by atoms with van der Waals surface area (Å²) in [5, 5.41) is 3.69. The Morgan fingerprint density at radius 1 is 1.12 bits per heavy atom. The maximum Gasteiger partial charge on any atom is 0.0604 e. The van der Waals surface area contributed by atoms with Gasteiger partial charge in [0.15, 0.2) is 0 Å². The van der Waals surface area contributed by atoms with Gasteiger partial charge in [0, 0.05) is 12.6 Å². The molecule has 96 valence electrons. The fourth-order valence-electron chi connectivity index (χ4n) is 2.65. The van der Waals surface area contributed by atoms with Crippen molar-refractivity contribution in [2.45, 2.75) is 59.6 Å². The van der Waals surface area contributed by atoms with Gasteiger partial charge in [0.05, 0.1) is 6.10 Å².